The Morgan fingerprint density at radius 2 is 2.15 bits per heavy atom. The average molecular weight is 277 g/mol. The van der Waals surface area contributed by atoms with Crippen LogP contribution in [0.4, 0.5) is 5.82 Å². The van der Waals surface area contributed by atoms with Crippen LogP contribution >= 0.6 is 0 Å². The van der Waals surface area contributed by atoms with Crippen LogP contribution in [0.15, 0.2) is 12.1 Å². The lowest BCUT2D eigenvalue weighted by molar-refractivity contribution is -0.117. The van der Waals surface area contributed by atoms with E-state index in [9.17, 15) is 4.79 Å². The largest absolute Gasteiger partial charge is 0.378 e. The lowest BCUT2D eigenvalue weighted by atomic mass is 10.1. The third-order valence-electron chi connectivity index (χ3n) is 3.33. The van der Waals surface area contributed by atoms with Crippen LogP contribution in [0.2, 0.25) is 0 Å². The van der Waals surface area contributed by atoms with E-state index in [1.807, 2.05) is 26.0 Å². The van der Waals surface area contributed by atoms with Gasteiger partial charge in [-0.1, -0.05) is 0 Å². The molecule has 0 spiro atoms. The molecule has 2 N–H and O–H groups in total. The minimum Gasteiger partial charge on any atom is -0.378 e. The van der Waals surface area contributed by atoms with E-state index in [1.165, 1.54) is 0 Å². The van der Waals surface area contributed by atoms with Gasteiger partial charge in [0, 0.05) is 5.69 Å². The first-order valence-corrected chi connectivity index (χ1v) is 7.21. The Kier molecular flexibility index (Phi) is 5.49. The predicted molar refractivity (Wildman–Crippen MR) is 78.8 cm³/mol. The van der Waals surface area contributed by atoms with Gasteiger partial charge in [-0.15, -0.1) is 0 Å². The molecule has 1 aromatic heterocycles. The Morgan fingerprint density at radius 1 is 1.40 bits per heavy atom. The standard InChI is InChI=1S/C15H23N3O2/c1-11-9-12(2)17-14(10-11)18-15(19)5-8-20-13-3-6-16-7-4-13/h9-10,13,16H,3-8H2,1-2H3,(H,17,18,19). The Morgan fingerprint density at radius 3 is 2.85 bits per heavy atom. The molecule has 5 nitrogen and oxygen atoms in total. The molecule has 1 aliphatic rings. The second-order valence-corrected chi connectivity index (χ2v) is 5.29. The Balaban J connectivity index is 1.72. The first-order chi connectivity index (χ1) is 9.63. The summed E-state index contributed by atoms with van der Waals surface area (Å²) in [6.07, 6.45) is 2.72. The van der Waals surface area contributed by atoms with Gasteiger partial charge in [0.05, 0.1) is 19.1 Å². The van der Waals surface area contributed by atoms with Gasteiger partial charge in [-0.25, -0.2) is 4.98 Å². The molecule has 110 valence electrons. The molecular weight excluding hydrogens is 254 g/mol. The smallest absolute Gasteiger partial charge is 0.227 e. The number of amides is 1. The quantitative estimate of drug-likeness (QED) is 0.861. The highest BCUT2D eigenvalue weighted by Crippen LogP contribution is 2.10. The van der Waals surface area contributed by atoms with Gasteiger partial charge in [0.1, 0.15) is 5.82 Å². The van der Waals surface area contributed by atoms with E-state index < -0.39 is 0 Å². The van der Waals surface area contributed by atoms with Crippen LogP contribution in [0.5, 0.6) is 0 Å². The van der Waals surface area contributed by atoms with E-state index in [4.69, 9.17) is 4.74 Å². The Bertz CT molecular complexity index is 436. The molecule has 2 heterocycles. The molecule has 2 rings (SSSR count). The number of nitrogens with one attached hydrogen (secondary N) is 2. The van der Waals surface area contributed by atoms with Crippen molar-refractivity contribution < 1.29 is 9.53 Å². The van der Waals surface area contributed by atoms with Crippen LogP contribution in [-0.4, -0.2) is 36.7 Å². The minimum atomic E-state index is -0.0450. The van der Waals surface area contributed by atoms with E-state index in [0.29, 0.717) is 24.9 Å². The normalized spacial score (nSPS) is 16.1. The monoisotopic (exact) mass is 277 g/mol. The zero-order valence-corrected chi connectivity index (χ0v) is 12.2. The Hall–Kier alpha value is -1.46. The number of hydrogen-bond acceptors (Lipinski definition) is 4. The number of rotatable bonds is 5. The number of anilines is 1. The van der Waals surface area contributed by atoms with Gasteiger partial charge in [-0.05, 0) is 57.5 Å². The average Bonchev–Trinajstić information content (AvgIpc) is 2.38. The summed E-state index contributed by atoms with van der Waals surface area (Å²) in [4.78, 5) is 16.1. The molecular formula is C15H23N3O2. The van der Waals surface area contributed by atoms with Crippen LogP contribution in [0, 0.1) is 13.8 Å². The van der Waals surface area contributed by atoms with E-state index >= 15 is 0 Å². The summed E-state index contributed by atoms with van der Waals surface area (Å²) in [6.45, 7) is 6.39. The number of ether oxygens (including phenoxy) is 1. The molecule has 1 aliphatic heterocycles. The lowest BCUT2D eigenvalue weighted by Crippen LogP contribution is -2.33. The highest BCUT2D eigenvalue weighted by atomic mass is 16.5. The molecule has 1 amide bonds. The number of aryl methyl sites for hydroxylation is 2. The number of pyridine rings is 1. The van der Waals surface area contributed by atoms with Crippen LogP contribution in [0.3, 0.4) is 0 Å². The second-order valence-electron chi connectivity index (χ2n) is 5.29. The van der Waals surface area contributed by atoms with E-state index in [2.05, 4.69) is 15.6 Å². The van der Waals surface area contributed by atoms with Gasteiger partial charge in [0.2, 0.25) is 5.91 Å². The lowest BCUT2D eigenvalue weighted by Gasteiger charge is -2.22. The maximum Gasteiger partial charge on any atom is 0.227 e. The van der Waals surface area contributed by atoms with Crippen molar-refractivity contribution in [3.63, 3.8) is 0 Å². The van der Waals surface area contributed by atoms with Crippen molar-refractivity contribution in [3.05, 3.63) is 23.4 Å². The molecule has 0 bridgehead atoms. The third kappa shape index (κ3) is 4.90. The van der Waals surface area contributed by atoms with Gasteiger partial charge < -0.3 is 15.4 Å². The van der Waals surface area contributed by atoms with E-state index in [1.54, 1.807) is 0 Å². The van der Waals surface area contributed by atoms with Crippen molar-refractivity contribution in [2.75, 3.05) is 25.0 Å². The summed E-state index contributed by atoms with van der Waals surface area (Å²) in [7, 11) is 0. The van der Waals surface area contributed by atoms with Gasteiger partial charge >= 0.3 is 0 Å². The molecule has 5 heteroatoms. The van der Waals surface area contributed by atoms with Crippen molar-refractivity contribution in [1.29, 1.82) is 0 Å². The molecule has 0 saturated carbocycles. The fourth-order valence-corrected chi connectivity index (χ4v) is 2.39. The van der Waals surface area contributed by atoms with Crippen LogP contribution < -0.4 is 10.6 Å². The summed E-state index contributed by atoms with van der Waals surface area (Å²) in [5, 5.41) is 6.11. The fraction of sp³-hybridized carbons (Fsp3) is 0.600. The number of carbonyl (C=O) groups excluding carboxylic acids is 1. The highest BCUT2D eigenvalue weighted by Gasteiger charge is 2.13. The van der Waals surface area contributed by atoms with Crippen molar-refractivity contribution in [3.8, 4) is 0 Å². The predicted octanol–water partition coefficient (Wildman–Crippen LogP) is 1.80. The van der Waals surface area contributed by atoms with Gasteiger partial charge in [0.25, 0.3) is 0 Å². The summed E-state index contributed by atoms with van der Waals surface area (Å²) in [6, 6.07) is 3.86. The minimum absolute atomic E-state index is 0.0450. The molecule has 1 aromatic rings. The third-order valence-corrected chi connectivity index (χ3v) is 3.33. The first-order valence-electron chi connectivity index (χ1n) is 7.21. The highest BCUT2D eigenvalue weighted by molar-refractivity contribution is 5.89. The summed E-state index contributed by atoms with van der Waals surface area (Å²) in [5.41, 5.74) is 2.00. The molecule has 1 saturated heterocycles. The van der Waals surface area contributed by atoms with Gasteiger partial charge in [-0.2, -0.15) is 0 Å². The zero-order chi connectivity index (χ0) is 14.4. The summed E-state index contributed by atoms with van der Waals surface area (Å²) < 4.78 is 5.72. The number of piperidine rings is 1. The summed E-state index contributed by atoms with van der Waals surface area (Å²) >= 11 is 0. The SMILES string of the molecule is Cc1cc(C)nc(NC(=O)CCOC2CCNCC2)c1. The molecule has 0 unspecified atom stereocenters. The summed E-state index contributed by atoms with van der Waals surface area (Å²) in [5.74, 6) is 0.575. The number of hydrogen-bond donors (Lipinski definition) is 2. The topological polar surface area (TPSA) is 63.2 Å². The van der Waals surface area contributed by atoms with Crippen molar-refractivity contribution in [2.45, 2.75) is 39.2 Å². The van der Waals surface area contributed by atoms with Crippen molar-refractivity contribution in [1.82, 2.24) is 10.3 Å². The van der Waals surface area contributed by atoms with Crippen molar-refractivity contribution in [2.24, 2.45) is 0 Å². The second kappa shape index (κ2) is 7.36. The first kappa shape index (κ1) is 14.9. The van der Waals surface area contributed by atoms with Crippen LogP contribution in [-0.2, 0) is 9.53 Å². The molecule has 0 radical (unpaired) electrons. The maximum atomic E-state index is 11.8. The fourth-order valence-electron chi connectivity index (χ4n) is 2.39. The van der Waals surface area contributed by atoms with Gasteiger partial charge in [-0.3, -0.25) is 4.79 Å². The zero-order valence-electron chi connectivity index (χ0n) is 12.2. The van der Waals surface area contributed by atoms with E-state index in [0.717, 1.165) is 37.2 Å². The molecule has 20 heavy (non-hydrogen) atoms. The molecule has 0 atom stereocenters. The van der Waals surface area contributed by atoms with E-state index in [-0.39, 0.29) is 5.91 Å². The number of nitrogens with zero attached hydrogens (tertiary/aromatic N) is 1. The van der Waals surface area contributed by atoms with Crippen LogP contribution in [0.25, 0.3) is 0 Å². The number of aromatic nitrogens is 1. The molecule has 0 aromatic carbocycles. The number of carbonyl (C=O) groups is 1. The maximum absolute atomic E-state index is 11.8. The molecule has 0 aliphatic carbocycles. The van der Waals surface area contributed by atoms with Gasteiger partial charge in [0.15, 0.2) is 0 Å². The molecule has 1 fully saturated rings. The van der Waals surface area contributed by atoms with Crippen LogP contribution in [0.1, 0.15) is 30.5 Å². The Labute approximate surface area is 120 Å². The van der Waals surface area contributed by atoms with Crippen molar-refractivity contribution >= 4 is 11.7 Å².